The number of halogens is 1. The first-order valence-electron chi connectivity index (χ1n) is 8.32. The maximum absolute atomic E-state index is 12.3. The zero-order chi connectivity index (χ0) is 18.4. The lowest BCUT2D eigenvalue weighted by Gasteiger charge is -2.18. The molecule has 0 aliphatic rings. The van der Waals surface area contributed by atoms with Crippen LogP contribution in [-0.2, 0) is 6.54 Å². The van der Waals surface area contributed by atoms with Crippen LogP contribution < -0.4 is 10.2 Å². The standard InChI is InChI=1S/C19H20ClN5O/c1-24(9-3-10-25-11-8-21-14-25)18-7-6-15(13-22-18)19(26)23-17-5-2-4-16(20)12-17/h2,4-8,11-14H,3,9-10H2,1H3,(H,23,26). The van der Waals surface area contributed by atoms with E-state index in [1.807, 2.05) is 30.2 Å². The number of nitrogens with one attached hydrogen (secondary N) is 1. The summed E-state index contributed by atoms with van der Waals surface area (Å²) in [5.41, 5.74) is 1.16. The van der Waals surface area contributed by atoms with Crippen LogP contribution in [0.2, 0.25) is 5.02 Å². The van der Waals surface area contributed by atoms with Crippen molar-refractivity contribution in [1.29, 1.82) is 0 Å². The van der Waals surface area contributed by atoms with Gasteiger partial charge in [0.15, 0.2) is 0 Å². The number of anilines is 2. The summed E-state index contributed by atoms with van der Waals surface area (Å²) in [5.74, 6) is 0.615. The van der Waals surface area contributed by atoms with Gasteiger partial charge in [0.2, 0.25) is 0 Å². The van der Waals surface area contributed by atoms with Gasteiger partial charge in [0.1, 0.15) is 5.82 Å². The van der Waals surface area contributed by atoms with Crippen molar-refractivity contribution < 1.29 is 4.79 Å². The third-order valence-corrected chi connectivity index (χ3v) is 4.19. The number of aromatic nitrogens is 3. The Labute approximate surface area is 157 Å². The van der Waals surface area contributed by atoms with Gasteiger partial charge in [-0.2, -0.15) is 0 Å². The fourth-order valence-electron chi connectivity index (χ4n) is 2.54. The predicted molar refractivity (Wildman–Crippen MR) is 104 cm³/mol. The SMILES string of the molecule is CN(CCCn1ccnc1)c1ccc(C(=O)Nc2cccc(Cl)c2)cn1. The summed E-state index contributed by atoms with van der Waals surface area (Å²) < 4.78 is 2.05. The van der Waals surface area contributed by atoms with Crippen molar-refractivity contribution in [2.24, 2.45) is 0 Å². The number of hydrogen-bond donors (Lipinski definition) is 1. The van der Waals surface area contributed by atoms with Crippen LogP contribution in [0.3, 0.4) is 0 Å². The number of nitrogens with zero attached hydrogens (tertiary/aromatic N) is 4. The van der Waals surface area contributed by atoms with Gasteiger partial charge in [0.25, 0.3) is 5.91 Å². The van der Waals surface area contributed by atoms with Gasteiger partial charge in [-0.1, -0.05) is 17.7 Å². The molecular formula is C19H20ClN5O. The van der Waals surface area contributed by atoms with Gasteiger partial charge in [0.05, 0.1) is 11.9 Å². The molecule has 0 atom stereocenters. The van der Waals surface area contributed by atoms with Gasteiger partial charge in [-0.3, -0.25) is 4.79 Å². The fourth-order valence-corrected chi connectivity index (χ4v) is 2.73. The predicted octanol–water partition coefficient (Wildman–Crippen LogP) is 3.71. The van der Waals surface area contributed by atoms with E-state index in [1.165, 1.54) is 0 Å². The fraction of sp³-hybridized carbons (Fsp3) is 0.211. The van der Waals surface area contributed by atoms with Crippen LogP contribution >= 0.6 is 11.6 Å². The third kappa shape index (κ3) is 4.83. The van der Waals surface area contributed by atoms with E-state index in [0.29, 0.717) is 16.3 Å². The Hall–Kier alpha value is -2.86. The Balaban J connectivity index is 1.54. The lowest BCUT2D eigenvalue weighted by atomic mass is 10.2. The highest BCUT2D eigenvalue weighted by atomic mass is 35.5. The molecule has 0 unspecified atom stereocenters. The van der Waals surface area contributed by atoms with Crippen molar-refractivity contribution in [1.82, 2.24) is 14.5 Å². The number of benzene rings is 1. The summed E-state index contributed by atoms with van der Waals surface area (Å²) in [6.45, 7) is 1.77. The molecule has 1 N–H and O–H groups in total. The minimum atomic E-state index is -0.214. The number of hydrogen-bond acceptors (Lipinski definition) is 4. The van der Waals surface area contributed by atoms with E-state index in [0.717, 1.165) is 25.3 Å². The Morgan fingerprint density at radius 1 is 1.31 bits per heavy atom. The van der Waals surface area contributed by atoms with Crippen LogP contribution in [0.25, 0.3) is 0 Å². The van der Waals surface area contributed by atoms with E-state index in [9.17, 15) is 4.79 Å². The first-order chi connectivity index (χ1) is 12.6. The maximum Gasteiger partial charge on any atom is 0.257 e. The number of aryl methyl sites for hydroxylation is 1. The number of carbonyl (C=O) groups is 1. The monoisotopic (exact) mass is 369 g/mol. The van der Waals surface area contributed by atoms with Crippen molar-refractivity contribution in [3.05, 3.63) is 71.9 Å². The van der Waals surface area contributed by atoms with Crippen molar-refractivity contribution in [2.75, 3.05) is 23.8 Å². The molecule has 134 valence electrons. The molecule has 0 radical (unpaired) electrons. The van der Waals surface area contributed by atoms with E-state index in [4.69, 9.17) is 11.6 Å². The molecule has 2 aromatic heterocycles. The lowest BCUT2D eigenvalue weighted by Crippen LogP contribution is -2.21. The summed E-state index contributed by atoms with van der Waals surface area (Å²) in [4.78, 5) is 22.8. The van der Waals surface area contributed by atoms with Gasteiger partial charge in [-0.15, -0.1) is 0 Å². The van der Waals surface area contributed by atoms with E-state index in [1.54, 1.807) is 42.7 Å². The molecule has 26 heavy (non-hydrogen) atoms. The van der Waals surface area contributed by atoms with Crippen LogP contribution in [0.15, 0.2) is 61.3 Å². The number of pyridine rings is 1. The van der Waals surface area contributed by atoms with Crippen LogP contribution in [0.1, 0.15) is 16.8 Å². The summed E-state index contributed by atoms with van der Waals surface area (Å²) in [5, 5.41) is 3.39. The Morgan fingerprint density at radius 2 is 2.19 bits per heavy atom. The molecule has 0 saturated carbocycles. The van der Waals surface area contributed by atoms with Crippen molar-refractivity contribution >= 4 is 29.0 Å². The molecule has 0 fully saturated rings. The highest BCUT2D eigenvalue weighted by Crippen LogP contribution is 2.16. The van der Waals surface area contributed by atoms with Gasteiger partial charge >= 0.3 is 0 Å². The van der Waals surface area contributed by atoms with E-state index in [2.05, 4.69) is 20.2 Å². The van der Waals surface area contributed by atoms with Crippen LogP contribution in [0, 0.1) is 0 Å². The lowest BCUT2D eigenvalue weighted by molar-refractivity contribution is 0.102. The highest BCUT2D eigenvalue weighted by Gasteiger charge is 2.09. The third-order valence-electron chi connectivity index (χ3n) is 3.95. The number of rotatable bonds is 7. The number of imidazole rings is 1. The van der Waals surface area contributed by atoms with Gasteiger partial charge < -0.3 is 14.8 Å². The average molecular weight is 370 g/mol. The van der Waals surface area contributed by atoms with Crippen molar-refractivity contribution in [3.8, 4) is 0 Å². The van der Waals surface area contributed by atoms with Crippen LogP contribution in [0.5, 0.6) is 0 Å². The molecule has 6 nitrogen and oxygen atoms in total. The van der Waals surface area contributed by atoms with Crippen molar-refractivity contribution in [3.63, 3.8) is 0 Å². The highest BCUT2D eigenvalue weighted by molar-refractivity contribution is 6.30. The number of amides is 1. The van der Waals surface area contributed by atoms with Gasteiger partial charge in [0, 0.05) is 49.4 Å². The zero-order valence-corrected chi connectivity index (χ0v) is 15.2. The molecule has 0 bridgehead atoms. The quantitative estimate of drug-likeness (QED) is 0.689. The summed E-state index contributed by atoms with van der Waals surface area (Å²) in [7, 11) is 1.99. The minimum Gasteiger partial charge on any atom is -0.360 e. The Morgan fingerprint density at radius 3 is 2.88 bits per heavy atom. The van der Waals surface area contributed by atoms with Gasteiger partial charge in [-0.05, 0) is 36.8 Å². The molecule has 1 amide bonds. The molecule has 1 aromatic carbocycles. The van der Waals surface area contributed by atoms with E-state index in [-0.39, 0.29) is 5.91 Å². The van der Waals surface area contributed by atoms with Crippen molar-refractivity contribution in [2.45, 2.75) is 13.0 Å². The van der Waals surface area contributed by atoms with Gasteiger partial charge in [-0.25, -0.2) is 9.97 Å². The van der Waals surface area contributed by atoms with E-state index >= 15 is 0 Å². The average Bonchev–Trinajstić information content (AvgIpc) is 3.15. The summed E-state index contributed by atoms with van der Waals surface area (Å²) in [6, 6.07) is 10.7. The van der Waals surface area contributed by atoms with Crippen LogP contribution in [0.4, 0.5) is 11.5 Å². The summed E-state index contributed by atoms with van der Waals surface area (Å²) >= 11 is 5.93. The second kappa shape index (κ2) is 8.49. The molecule has 0 aliphatic heterocycles. The molecule has 3 rings (SSSR count). The molecule has 2 heterocycles. The van der Waals surface area contributed by atoms with Crippen LogP contribution in [-0.4, -0.2) is 34.0 Å². The first-order valence-corrected chi connectivity index (χ1v) is 8.69. The number of carbonyl (C=O) groups excluding carboxylic acids is 1. The molecule has 7 heteroatoms. The first kappa shape index (κ1) is 17.9. The topological polar surface area (TPSA) is 63.1 Å². The molecule has 3 aromatic rings. The zero-order valence-electron chi connectivity index (χ0n) is 14.5. The summed E-state index contributed by atoms with van der Waals surface area (Å²) in [6.07, 6.45) is 8.10. The molecule has 0 saturated heterocycles. The smallest absolute Gasteiger partial charge is 0.257 e. The normalized spacial score (nSPS) is 10.5. The maximum atomic E-state index is 12.3. The largest absolute Gasteiger partial charge is 0.360 e. The second-order valence-corrected chi connectivity index (χ2v) is 6.38. The van der Waals surface area contributed by atoms with E-state index < -0.39 is 0 Å². The molecule has 0 spiro atoms. The molecule has 0 aliphatic carbocycles. The minimum absolute atomic E-state index is 0.214. The Bertz CT molecular complexity index is 849. The second-order valence-electron chi connectivity index (χ2n) is 5.95. The Kier molecular flexibility index (Phi) is 5.86. The molecular weight excluding hydrogens is 350 g/mol.